The van der Waals surface area contributed by atoms with Crippen molar-refractivity contribution in [1.82, 2.24) is 0 Å². The third kappa shape index (κ3) is 13.9. The Labute approximate surface area is 120 Å². The second-order valence-corrected chi connectivity index (χ2v) is 4.09. The van der Waals surface area contributed by atoms with Crippen molar-refractivity contribution < 1.29 is 19.4 Å². The highest BCUT2D eigenvalue weighted by Crippen LogP contribution is 2.06. The minimum atomic E-state index is -0.726. The number of hydrogen-bond acceptors (Lipinski definition) is 3. The Morgan fingerprint density at radius 2 is 1.80 bits per heavy atom. The third-order valence-electron chi connectivity index (χ3n) is 2.42. The van der Waals surface area contributed by atoms with Crippen LogP contribution in [-0.2, 0) is 14.3 Å². The summed E-state index contributed by atoms with van der Waals surface area (Å²) in [7, 11) is 1.31. The van der Waals surface area contributed by atoms with Gasteiger partial charge in [0.05, 0.1) is 7.11 Å². The van der Waals surface area contributed by atoms with Gasteiger partial charge in [-0.25, -0.2) is 4.79 Å². The number of carboxylic acid groups (broad SMARTS) is 1. The number of allylic oxidation sites excluding steroid dienone is 1. The number of rotatable bonds is 8. The average molecular weight is 276 g/mol. The summed E-state index contributed by atoms with van der Waals surface area (Å²) in [5.74, 6) is 9.71. The number of carbonyl (C=O) groups excluding carboxylic acids is 1. The molecule has 0 aliphatic heterocycles. The normalized spacial score (nSPS) is 9.25. The van der Waals surface area contributed by atoms with Gasteiger partial charge in [0.15, 0.2) is 0 Å². The molecule has 0 radical (unpaired) electrons. The molecule has 0 atom stereocenters. The lowest BCUT2D eigenvalue weighted by Crippen LogP contribution is -1.93. The Kier molecular flexibility index (Phi) is 11.8. The van der Waals surface area contributed by atoms with Crippen LogP contribution in [0, 0.1) is 23.7 Å². The molecule has 0 spiro atoms. The molecule has 0 saturated carbocycles. The summed E-state index contributed by atoms with van der Waals surface area (Å²) in [4.78, 5) is 21.0. The summed E-state index contributed by atoms with van der Waals surface area (Å²) in [5, 5.41) is 8.46. The van der Waals surface area contributed by atoms with E-state index < -0.39 is 11.9 Å². The Morgan fingerprint density at radius 1 is 1.10 bits per heavy atom. The van der Waals surface area contributed by atoms with Crippen LogP contribution in [0.4, 0.5) is 0 Å². The minimum absolute atomic E-state index is 0.258. The fraction of sp³-hybridized carbons (Fsp3) is 0.500. The molecule has 0 aliphatic carbocycles. The van der Waals surface area contributed by atoms with E-state index in [9.17, 15) is 9.59 Å². The van der Waals surface area contributed by atoms with Crippen molar-refractivity contribution in [2.45, 2.75) is 44.9 Å². The van der Waals surface area contributed by atoms with Gasteiger partial charge in [-0.2, -0.15) is 0 Å². The van der Waals surface area contributed by atoms with Crippen molar-refractivity contribution in [3.05, 3.63) is 12.2 Å². The third-order valence-corrected chi connectivity index (χ3v) is 2.42. The molecule has 0 aliphatic rings. The largest absolute Gasteiger partial charge is 0.481 e. The van der Waals surface area contributed by atoms with Crippen LogP contribution in [0.2, 0.25) is 0 Å². The maximum absolute atomic E-state index is 10.7. The van der Waals surface area contributed by atoms with E-state index in [4.69, 9.17) is 5.11 Å². The first kappa shape index (κ1) is 17.8. The summed E-state index contributed by atoms with van der Waals surface area (Å²) >= 11 is 0. The summed E-state index contributed by atoms with van der Waals surface area (Å²) in [6, 6.07) is 0. The van der Waals surface area contributed by atoms with E-state index in [1.807, 2.05) is 0 Å². The topological polar surface area (TPSA) is 63.6 Å². The smallest absolute Gasteiger partial charge is 0.331 e. The van der Waals surface area contributed by atoms with Gasteiger partial charge >= 0.3 is 11.9 Å². The number of esters is 1. The number of ether oxygens (including phenoxy) is 1. The first-order valence-electron chi connectivity index (χ1n) is 6.61. The van der Waals surface area contributed by atoms with Gasteiger partial charge in [0, 0.05) is 18.9 Å². The standard InChI is InChI=1S/C16H20O4/c1-20-16(19)14-12-10-8-6-4-2-3-5-7-9-11-13-15(17)18/h12,14H,2-3,5,7,9,11,13H2,1H3,(H,17,18)/b14-12-. The van der Waals surface area contributed by atoms with Crippen molar-refractivity contribution in [3.63, 3.8) is 0 Å². The molecule has 0 bridgehead atoms. The van der Waals surface area contributed by atoms with Crippen molar-refractivity contribution in [1.29, 1.82) is 0 Å². The molecule has 20 heavy (non-hydrogen) atoms. The molecule has 0 amide bonds. The summed E-state index contributed by atoms with van der Waals surface area (Å²) < 4.78 is 4.40. The zero-order valence-electron chi connectivity index (χ0n) is 11.8. The molecular formula is C16H20O4. The monoisotopic (exact) mass is 276 g/mol. The first-order chi connectivity index (χ1) is 9.66. The van der Waals surface area contributed by atoms with Gasteiger partial charge in [-0.3, -0.25) is 4.79 Å². The summed E-state index contributed by atoms with van der Waals surface area (Å²) in [6.45, 7) is 0. The zero-order valence-corrected chi connectivity index (χ0v) is 11.8. The Hall–Kier alpha value is -2.20. The highest BCUT2D eigenvalue weighted by Gasteiger charge is 1.95. The quantitative estimate of drug-likeness (QED) is 0.320. The van der Waals surface area contributed by atoms with Gasteiger partial charge in [0.2, 0.25) is 0 Å². The maximum atomic E-state index is 10.7. The zero-order chi connectivity index (χ0) is 15.1. The second-order valence-electron chi connectivity index (χ2n) is 4.09. The number of methoxy groups -OCH3 is 1. The van der Waals surface area contributed by atoms with Crippen molar-refractivity contribution >= 4 is 11.9 Å². The number of carbonyl (C=O) groups is 2. The molecule has 4 heteroatoms. The summed E-state index contributed by atoms with van der Waals surface area (Å²) in [6.07, 6.45) is 8.50. The maximum Gasteiger partial charge on any atom is 0.331 e. The van der Waals surface area contributed by atoms with Crippen molar-refractivity contribution in [2.75, 3.05) is 7.11 Å². The van der Waals surface area contributed by atoms with E-state index in [0.717, 1.165) is 38.5 Å². The Morgan fingerprint density at radius 3 is 2.50 bits per heavy atom. The first-order valence-corrected chi connectivity index (χ1v) is 6.61. The predicted octanol–water partition coefficient (Wildman–Crippen LogP) is 2.54. The van der Waals surface area contributed by atoms with Gasteiger partial charge in [-0.1, -0.05) is 31.1 Å². The highest BCUT2D eigenvalue weighted by molar-refractivity contribution is 5.82. The average Bonchev–Trinajstić information content (AvgIpc) is 2.43. The molecule has 0 unspecified atom stereocenters. The highest BCUT2D eigenvalue weighted by atomic mass is 16.5. The van der Waals surface area contributed by atoms with E-state index in [-0.39, 0.29) is 6.42 Å². The fourth-order valence-corrected chi connectivity index (χ4v) is 1.38. The molecule has 0 fully saturated rings. The molecular weight excluding hydrogens is 256 g/mol. The van der Waals surface area contributed by atoms with Gasteiger partial charge in [-0.05, 0) is 30.8 Å². The number of aliphatic carboxylic acids is 1. The van der Waals surface area contributed by atoms with Crippen molar-refractivity contribution in [3.8, 4) is 23.7 Å². The van der Waals surface area contributed by atoms with E-state index in [2.05, 4.69) is 28.4 Å². The van der Waals surface area contributed by atoms with Gasteiger partial charge in [-0.15, -0.1) is 0 Å². The van der Waals surface area contributed by atoms with E-state index in [0.29, 0.717) is 0 Å². The Balaban J connectivity index is 3.50. The number of hydrogen-bond donors (Lipinski definition) is 1. The van der Waals surface area contributed by atoms with Crippen LogP contribution >= 0.6 is 0 Å². The predicted molar refractivity (Wildman–Crippen MR) is 76.7 cm³/mol. The van der Waals surface area contributed by atoms with Gasteiger partial charge in [0.25, 0.3) is 0 Å². The van der Waals surface area contributed by atoms with E-state index in [1.165, 1.54) is 19.3 Å². The number of carboxylic acids is 1. The molecule has 0 aromatic heterocycles. The van der Waals surface area contributed by atoms with Crippen molar-refractivity contribution in [2.24, 2.45) is 0 Å². The molecule has 4 nitrogen and oxygen atoms in total. The SMILES string of the molecule is COC(=O)/C=C\C#CC#CCCCCCCCC(=O)O. The van der Waals surface area contributed by atoms with Gasteiger partial charge < -0.3 is 9.84 Å². The van der Waals surface area contributed by atoms with Crippen LogP contribution in [0.25, 0.3) is 0 Å². The fourth-order valence-electron chi connectivity index (χ4n) is 1.38. The Bertz CT molecular complexity index is 441. The van der Waals surface area contributed by atoms with Crippen LogP contribution in [0.1, 0.15) is 44.9 Å². The van der Waals surface area contributed by atoms with E-state index >= 15 is 0 Å². The number of unbranched alkanes of at least 4 members (excludes halogenated alkanes) is 5. The van der Waals surface area contributed by atoms with Crippen LogP contribution in [-0.4, -0.2) is 24.2 Å². The molecule has 0 aromatic carbocycles. The molecule has 1 N–H and O–H groups in total. The molecule has 0 rings (SSSR count). The van der Waals surface area contributed by atoms with Crippen LogP contribution in [0.15, 0.2) is 12.2 Å². The molecule has 0 saturated heterocycles. The minimum Gasteiger partial charge on any atom is -0.481 e. The lowest BCUT2D eigenvalue weighted by atomic mass is 10.1. The lowest BCUT2D eigenvalue weighted by Gasteiger charge is -1.96. The van der Waals surface area contributed by atoms with Gasteiger partial charge in [0.1, 0.15) is 0 Å². The molecule has 0 heterocycles. The molecule has 0 aromatic rings. The van der Waals surface area contributed by atoms with E-state index in [1.54, 1.807) is 0 Å². The van der Waals surface area contributed by atoms with Crippen LogP contribution < -0.4 is 0 Å². The lowest BCUT2D eigenvalue weighted by molar-refractivity contribution is -0.137. The summed E-state index contributed by atoms with van der Waals surface area (Å²) in [5.41, 5.74) is 0. The van der Waals surface area contributed by atoms with Crippen LogP contribution in [0.3, 0.4) is 0 Å². The second kappa shape index (κ2) is 13.2. The molecule has 108 valence electrons. The van der Waals surface area contributed by atoms with Crippen LogP contribution in [0.5, 0.6) is 0 Å².